The van der Waals surface area contributed by atoms with Gasteiger partial charge in [0.05, 0.1) is 24.3 Å². The number of carbonyl (C=O) groups excluding carboxylic acids is 2. The topological polar surface area (TPSA) is 67.2 Å². The Kier molecular flexibility index (Phi) is 7.13. The van der Waals surface area contributed by atoms with Gasteiger partial charge in [-0.2, -0.15) is 5.10 Å². The third kappa shape index (κ3) is 5.14. The summed E-state index contributed by atoms with van der Waals surface area (Å²) in [5.41, 5.74) is 4.63. The summed E-state index contributed by atoms with van der Waals surface area (Å²) in [5, 5.41) is 8.09. The van der Waals surface area contributed by atoms with Crippen LogP contribution in [0.15, 0.2) is 48.5 Å². The first-order chi connectivity index (χ1) is 14.8. The van der Waals surface area contributed by atoms with Crippen LogP contribution < -0.4 is 5.32 Å². The number of hydrogen-bond donors (Lipinski definition) is 1. The largest absolute Gasteiger partial charge is 0.332 e. The van der Waals surface area contributed by atoms with E-state index in [1.165, 1.54) is 4.90 Å². The highest BCUT2D eigenvalue weighted by atomic mass is 35.5. The van der Waals surface area contributed by atoms with E-state index in [1.54, 1.807) is 18.7 Å². The average molecular weight is 439 g/mol. The van der Waals surface area contributed by atoms with E-state index >= 15 is 0 Å². The molecule has 1 N–H and O–H groups in total. The van der Waals surface area contributed by atoms with Crippen molar-refractivity contribution in [1.82, 2.24) is 14.7 Å². The first-order valence-electron chi connectivity index (χ1n) is 10.2. The van der Waals surface area contributed by atoms with Crippen LogP contribution in [0.25, 0.3) is 0 Å². The molecule has 162 valence electrons. The number of rotatable bonds is 7. The van der Waals surface area contributed by atoms with Crippen LogP contribution in [-0.4, -0.2) is 40.1 Å². The van der Waals surface area contributed by atoms with Crippen molar-refractivity contribution < 1.29 is 9.59 Å². The summed E-state index contributed by atoms with van der Waals surface area (Å²) in [4.78, 5) is 27.1. The van der Waals surface area contributed by atoms with Crippen molar-refractivity contribution in [1.29, 1.82) is 0 Å². The maximum absolute atomic E-state index is 13.1. The number of para-hydroxylation sites is 1. The maximum Gasteiger partial charge on any atom is 0.257 e. The molecule has 0 atom stereocenters. The molecule has 0 unspecified atom stereocenters. The molecule has 0 aliphatic carbocycles. The van der Waals surface area contributed by atoms with Gasteiger partial charge in [-0.1, -0.05) is 54.9 Å². The van der Waals surface area contributed by atoms with E-state index in [0.717, 1.165) is 28.9 Å². The van der Waals surface area contributed by atoms with Crippen molar-refractivity contribution in [3.8, 4) is 0 Å². The lowest BCUT2D eigenvalue weighted by atomic mass is 10.1. The fourth-order valence-electron chi connectivity index (χ4n) is 3.57. The number of benzene rings is 2. The molecule has 0 aliphatic heterocycles. The van der Waals surface area contributed by atoms with Gasteiger partial charge in [0.25, 0.3) is 5.91 Å². The van der Waals surface area contributed by atoms with Crippen LogP contribution in [0.1, 0.15) is 39.8 Å². The van der Waals surface area contributed by atoms with Gasteiger partial charge in [0.15, 0.2) is 0 Å². The summed E-state index contributed by atoms with van der Waals surface area (Å²) in [5.74, 6) is -0.477. The zero-order chi connectivity index (χ0) is 22.5. The highest BCUT2D eigenvalue weighted by Crippen LogP contribution is 2.21. The van der Waals surface area contributed by atoms with Crippen LogP contribution in [0.3, 0.4) is 0 Å². The van der Waals surface area contributed by atoms with Gasteiger partial charge in [0, 0.05) is 23.5 Å². The fraction of sp³-hybridized carbons (Fsp3) is 0.292. The number of nitrogens with zero attached hydrogens (tertiary/aromatic N) is 3. The van der Waals surface area contributed by atoms with Crippen molar-refractivity contribution in [3.63, 3.8) is 0 Å². The molecule has 3 aromatic rings. The lowest BCUT2D eigenvalue weighted by Crippen LogP contribution is -2.35. The monoisotopic (exact) mass is 438 g/mol. The average Bonchev–Trinajstić information content (AvgIpc) is 3.02. The minimum atomic E-state index is -0.240. The van der Waals surface area contributed by atoms with E-state index in [4.69, 9.17) is 11.6 Å². The van der Waals surface area contributed by atoms with Gasteiger partial charge in [0.1, 0.15) is 0 Å². The summed E-state index contributed by atoms with van der Waals surface area (Å²) in [6.45, 7) is 6.11. The molecule has 0 fully saturated rings. The molecule has 0 saturated carbocycles. The van der Waals surface area contributed by atoms with Crippen LogP contribution in [0.2, 0.25) is 5.02 Å². The second-order valence-corrected chi connectivity index (χ2v) is 7.92. The van der Waals surface area contributed by atoms with E-state index in [9.17, 15) is 9.59 Å². The quantitative estimate of drug-likeness (QED) is 0.591. The highest BCUT2D eigenvalue weighted by molar-refractivity contribution is 6.31. The predicted molar refractivity (Wildman–Crippen MR) is 124 cm³/mol. The van der Waals surface area contributed by atoms with Crippen LogP contribution in [0.4, 0.5) is 5.69 Å². The zero-order valence-electron chi connectivity index (χ0n) is 18.3. The SMILES string of the molecule is CCc1ccccc1NC(=O)CN(C)C(=O)c1c(C)nn(Cc2ccccc2Cl)c1C. The van der Waals surface area contributed by atoms with Crippen molar-refractivity contribution in [2.24, 2.45) is 0 Å². The normalized spacial score (nSPS) is 10.7. The number of aromatic nitrogens is 2. The Hall–Kier alpha value is -3.12. The molecule has 31 heavy (non-hydrogen) atoms. The zero-order valence-corrected chi connectivity index (χ0v) is 19.0. The Morgan fingerprint density at radius 1 is 1.06 bits per heavy atom. The smallest absolute Gasteiger partial charge is 0.257 e. The van der Waals surface area contributed by atoms with Gasteiger partial charge in [0.2, 0.25) is 5.91 Å². The number of likely N-dealkylation sites (N-methyl/N-ethyl adjacent to an activating group) is 1. The fourth-order valence-corrected chi connectivity index (χ4v) is 3.76. The third-order valence-electron chi connectivity index (χ3n) is 5.27. The Morgan fingerprint density at radius 3 is 2.39 bits per heavy atom. The summed E-state index contributed by atoms with van der Waals surface area (Å²) in [6.07, 6.45) is 0.814. The van der Waals surface area contributed by atoms with Crippen molar-refractivity contribution in [2.75, 3.05) is 18.9 Å². The van der Waals surface area contributed by atoms with E-state index in [-0.39, 0.29) is 18.4 Å². The lowest BCUT2D eigenvalue weighted by molar-refractivity contribution is -0.116. The molecule has 6 nitrogen and oxygen atoms in total. The summed E-state index contributed by atoms with van der Waals surface area (Å²) < 4.78 is 1.77. The molecular formula is C24H27ClN4O2. The standard InChI is InChI=1S/C24H27ClN4O2/c1-5-18-10-7-9-13-21(18)26-22(30)15-28(4)24(31)23-16(2)27-29(17(23)3)14-19-11-6-8-12-20(19)25/h6-13H,5,14-15H2,1-4H3,(H,26,30). The number of hydrogen-bond acceptors (Lipinski definition) is 3. The molecule has 7 heteroatoms. The molecule has 0 radical (unpaired) electrons. The number of carbonyl (C=O) groups is 2. The molecule has 0 bridgehead atoms. The Labute approximate surface area is 187 Å². The Morgan fingerprint density at radius 2 is 1.71 bits per heavy atom. The van der Waals surface area contributed by atoms with Crippen LogP contribution in [0.5, 0.6) is 0 Å². The van der Waals surface area contributed by atoms with Gasteiger partial charge in [-0.15, -0.1) is 0 Å². The minimum absolute atomic E-state index is 0.0501. The van der Waals surface area contributed by atoms with Gasteiger partial charge in [-0.25, -0.2) is 0 Å². The minimum Gasteiger partial charge on any atom is -0.332 e. The van der Waals surface area contributed by atoms with Crippen LogP contribution >= 0.6 is 11.6 Å². The number of amides is 2. The number of halogens is 1. The molecule has 0 saturated heterocycles. The van der Waals surface area contributed by atoms with Gasteiger partial charge in [-0.05, 0) is 43.5 Å². The number of nitrogens with one attached hydrogen (secondary N) is 1. The Balaban J connectivity index is 1.72. The van der Waals surface area contributed by atoms with E-state index in [0.29, 0.717) is 22.8 Å². The second-order valence-electron chi connectivity index (χ2n) is 7.51. The van der Waals surface area contributed by atoms with E-state index < -0.39 is 0 Å². The summed E-state index contributed by atoms with van der Waals surface area (Å²) in [7, 11) is 1.62. The Bertz CT molecular complexity index is 1110. The molecule has 2 amide bonds. The van der Waals surface area contributed by atoms with Gasteiger partial charge in [-0.3, -0.25) is 14.3 Å². The van der Waals surface area contributed by atoms with Crippen molar-refractivity contribution in [2.45, 2.75) is 33.7 Å². The highest BCUT2D eigenvalue weighted by Gasteiger charge is 2.23. The first kappa shape index (κ1) is 22.6. The van der Waals surface area contributed by atoms with Crippen molar-refractivity contribution in [3.05, 3.63) is 81.6 Å². The van der Waals surface area contributed by atoms with E-state index in [1.807, 2.05) is 62.4 Å². The molecule has 0 aliphatic rings. The van der Waals surface area contributed by atoms with Crippen molar-refractivity contribution >= 4 is 29.1 Å². The third-order valence-corrected chi connectivity index (χ3v) is 5.64. The van der Waals surface area contributed by atoms with Gasteiger partial charge < -0.3 is 10.2 Å². The summed E-state index contributed by atoms with van der Waals surface area (Å²) in [6, 6.07) is 15.2. The first-order valence-corrected chi connectivity index (χ1v) is 10.6. The molecule has 0 spiro atoms. The molecule has 1 heterocycles. The molecule has 3 rings (SSSR count). The molecule has 2 aromatic carbocycles. The second kappa shape index (κ2) is 9.79. The number of aryl methyl sites for hydroxylation is 2. The maximum atomic E-state index is 13.1. The van der Waals surface area contributed by atoms with E-state index in [2.05, 4.69) is 10.4 Å². The molecular weight excluding hydrogens is 412 g/mol. The predicted octanol–water partition coefficient (Wildman–Crippen LogP) is 4.47. The lowest BCUT2D eigenvalue weighted by Gasteiger charge is -2.18. The van der Waals surface area contributed by atoms with Crippen LogP contribution in [0, 0.1) is 13.8 Å². The number of anilines is 1. The van der Waals surface area contributed by atoms with Gasteiger partial charge >= 0.3 is 0 Å². The molecule has 1 aromatic heterocycles. The van der Waals surface area contributed by atoms with Crippen LogP contribution in [-0.2, 0) is 17.8 Å². The summed E-state index contributed by atoms with van der Waals surface area (Å²) >= 11 is 6.27.